The zero-order chi connectivity index (χ0) is 13.9. The van der Waals surface area contributed by atoms with E-state index in [2.05, 4.69) is 11.8 Å². The number of nitrogens with zero attached hydrogens (tertiary/aromatic N) is 1. The number of nitrogens with two attached hydrogens (primary N) is 1. The van der Waals surface area contributed by atoms with Gasteiger partial charge in [0.25, 0.3) is 0 Å². The van der Waals surface area contributed by atoms with Crippen LogP contribution in [0.1, 0.15) is 51.9 Å². The van der Waals surface area contributed by atoms with Crippen molar-refractivity contribution >= 4 is 5.97 Å². The molecule has 2 rings (SSSR count). The molecule has 2 aliphatic rings. The summed E-state index contributed by atoms with van der Waals surface area (Å²) in [5, 5.41) is 9.32. The van der Waals surface area contributed by atoms with Crippen LogP contribution in [0, 0.1) is 11.8 Å². The highest BCUT2D eigenvalue weighted by atomic mass is 16.4. The van der Waals surface area contributed by atoms with Gasteiger partial charge in [0, 0.05) is 6.54 Å². The molecular formula is C15H28N2O2. The van der Waals surface area contributed by atoms with E-state index in [9.17, 15) is 9.90 Å². The van der Waals surface area contributed by atoms with Gasteiger partial charge in [-0.05, 0) is 57.0 Å². The maximum Gasteiger partial charge on any atom is 0.323 e. The lowest BCUT2D eigenvalue weighted by Crippen LogP contribution is -2.51. The summed E-state index contributed by atoms with van der Waals surface area (Å²) in [5.74, 6) is 0.187. The average Bonchev–Trinajstić information content (AvgIpc) is 2.79. The molecule has 0 spiro atoms. The topological polar surface area (TPSA) is 66.6 Å². The first-order valence-corrected chi connectivity index (χ1v) is 7.81. The first-order valence-electron chi connectivity index (χ1n) is 7.81. The van der Waals surface area contributed by atoms with Crippen LogP contribution >= 0.6 is 0 Å². The predicted molar refractivity (Wildman–Crippen MR) is 76.0 cm³/mol. The van der Waals surface area contributed by atoms with Crippen LogP contribution in [0.15, 0.2) is 0 Å². The SMILES string of the molecule is CCC1CCCN(CCC2CCCC2(N)C(=O)O)C1. The maximum atomic E-state index is 11.3. The molecule has 0 aromatic carbocycles. The summed E-state index contributed by atoms with van der Waals surface area (Å²) >= 11 is 0. The fraction of sp³-hybridized carbons (Fsp3) is 0.933. The Morgan fingerprint density at radius 2 is 2.21 bits per heavy atom. The number of hydrogen-bond donors (Lipinski definition) is 2. The number of carboxylic acids is 1. The van der Waals surface area contributed by atoms with Gasteiger partial charge in [-0.15, -0.1) is 0 Å². The van der Waals surface area contributed by atoms with Gasteiger partial charge in [-0.3, -0.25) is 4.79 Å². The largest absolute Gasteiger partial charge is 0.480 e. The van der Waals surface area contributed by atoms with Crippen LogP contribution in [0.3, 0.4) is 0 Å². The highest BCUT2D eigenvalue weighted by Gasteiger charge is 2.45. The molecular weight excluding hydrogens is 240 g/mol. The van der Waals surface area contributed by atoms with Crippen molar-refractivity contribution in [2.45, 2.75) is 57.4 Å². The van der Waals surface area contributed by atoms with Crippen LogP contribution in [0.5, 0.6) is 0 Å². The molecule has 0 aromatic heterocycles. The highest BCUT2D eigenvalue weighted by molar-refractivity contribution is 5.79. The van der Waals surface area contributed by atoms with Crippen molar-refractivity contribution in [1.82, 2.24) is 4.90 Å². The van der Waals surface area contributed by atoms with Crippen molar-refractivity contribution in [1.29, 1.82) is 0 Å². The molecule has 3 N–H and O–H groups in total. The fourth-order valence-electron chi connectivity index (χ4n) is 3.81. The monoisotopic (exact) mass is 268 g/mol. The Kier molecular flexibility index (Phi) is 4.85. The second-order valence-corrected chi connectivity index (χ2v) is 6.44. The molecule has 1 saturated heterocycles. The van der Waals surface area contributed by atoms with E-state index in [4.69, 9.17) is 5.73 Å². The normalized spacial score (nSPS) is 36.5. The van der Waals surface area contributed by atoms with Gasteiger partial charge < -0.3 is 15.7 Å². The van der Waals surface area contributed by atoms with Crippen LogP contribution in [-0.4, -0.2) is 41.1 Å². The van der Waals surface area contributed by atoms with Gasteiger partial charge >= 0.3 is 5.97 Å². The molecule has 3 unspecified atom stereocenters. The third-order valence-electron chi connectivity index (χ3n) is 5.24. The van der Waals surface area contributed by atoms with E-state index >= 15 is 0 Å². The summed E-state index contributed by atoms with van der Waals surface area (Å²) in [4.78, 5) is 13.9. The zero-order valence-electron chi connectivity index (χ0n) is 12.1. The van der Waals surface area contributed by atoms with E-state index in [1.807, 2.05) is 0 Å². The Morgan fingerprint density at radius 1 is 1.42 bits per heavy atom. The Morgan fingerprint density at radius 3 is 2.89 bits per heavy atom. The number of rotatable bonds is 5. The molecule has 0 bridgehead atoms. The first-order chi connectivity index (χ1) is 9.06. The number of carbonyl (C=O) groups is 1. The van der Waals surface area contributed by atoms with Gasteiger partial charge in [0.15, 0.2) is 0 Å². The lowest BCUT2D eigenvalue weighted by molar-refractivity contribution is -0.144. The molecule has 4 heteroatoms. The number of hydrogen-bond acceptors (Lipinski definition) is 3. The molecule has 2 fully saturated rings. The van der Waals surface area contributed by atoms with Crippen LogP contribution in [-0.2, 0) is 4.79 Å². The van der Waals surface area contributed by atoms with Crippen molar-refractivity contribution in [2.24, 2.45) is 17.6 Å². The standard InChI is InChI=1S/C15H28N2O2/c1-2-12-5-4-9-17(11-12)10-7-13-6-3-8-15(13,16)14(18)19/h12-13H,2-11,16H2,1H3,(H,18,19). The molecule has 110 valence electrons. The minimum atomic E-state index is -0.958. The van der Waals surface area contributed by atoms with Gasteiger partial charge in [0.2, 0.25) is 0 Å². The van der Waals surface area contributed by atoms with Crippen LogP contribution in [0.25, 0.3) is 0 Å². The number of likely N-dealkylation sites (tertiary alicyclic amines) is 1. The van der Waals surface area contributed by atoms with Gasteiger partial charge in [-0.2, -0.15) is 0 Å². The van der Waals surface area contributed by atoms with E-state index in [0.717, 1.165) is 31.7 Å². The molecule has 1 aliphatic heterocycles. The second-order valence-electron chi connectivity index (χ2n) is 6.44. The third kappa shape index (κ3) is 3.29. The first kappa shape index (κ1) is 14.8. The quantitative estimate of drug-likeness (QED) is 0.801. The molecule has 0 radical (unpaired) electrons. The molecule has 1 heterocycles. The van der Waals surface area contributed by atoms with E-state index < -0.39 is 11.5 Å². The third-order valence-corrected chi connectivity index (χ3v) is 5.24. The highest BCUT2D eigenvalue weighted by Crippen LogP contribution is 2.36. The van der Waals surface area contributed by atoms with Crippen molar-refractivity contribution in [3.63, 3.8) is 0 Å². The maximum absolute atomic E-state index is 11.3. The van der Waals surface area contributed by atoms with Crippen molar-refractivity contribution < 1.29 is 9.90 Å². The van der Waals surface area contributed by atoms with Gasteiger partial charge in [0.05, 0.1) is 0 Å². The zero-order valence-corrected chi connectivity index (χ0v) is 12.1. The molecule has 1 aliphatic carbocycles. The number of piperidine rings is 1. The molecule has 4 nitrogen and oxygen atoms in total. The summed E-state index contributed by atoms with van der Waals surface area (Å²) in [5.41, 5.74) is 5.14. The van der Waals surface area contributed by atoms with Crippen molar-refractivity contribution in [3.8, 4) is 0 Å². The second kappa shape index (κ2) is 6.23. The summed E-state index contributed by atoms with van der Waals surface area (Å²) in [6.45, 7) is 5.65. The number of carboxylic acid groups (broad SMARTS) is 1. The molecule has 0 amide bonds. The summed E-state index contributed by atoms with van der Waals surface area (Å²) in [6.07, 6.45) is 7.43. The summed E-state index contributed by atoms with van der Waals surface area (Å²) in [6, 6.07) is 0. The van der Waals surface area contributed by atoms with Crippen molar-refractivity contribution in [2.75, 3.05) is 19.6 Å². The van der Waals surface area contributed by atoms with Crippen LogP contribution < -0.4 is 5.73 Å². The smallest absolute Gasteiger partial charge is 0.323 e. The van der Waals surface area contributed by atoms with Crippen molar-refractivity contribution in [3.05, 3.63) is 0 Å². The van der Waals surface area contributed by atoms with Gasteiger partial charge in [-0.1, -0.05) is 19.8 Å². The van der Waals surface area contributed by atoms with Gasteiger partial charge in [-0.25, -0.2) is 0 Å². The predicted octanol–water partition coefficient (Wildman–Crippen LogP) is 2.08. The summed E-state index contributed by atoms with van der Waals surface area (Å²) < 4.78 is 0. The van der Waals surface area contributed by atoms with E-state index in [0.29, 0.717) is 6.42 Å². The molecule has 0 aromatic rings. The number of aliphatic carboxylic acids is 1. The van der Waals surface area contributed by atoms with Gasteiger partial charge in [0.1, 0.15) is 5.54 Å². The molecule has 1 saturated carbocycles. The van der Waals surface area contributed by atoms with Crippen LogP contribution in [0.4, 0.5) is 0 Å². The Hall–Kier alpha value is -0.610. The molecule has 3 atom stereocenters. The molecule has 19 heavy (non-hydrogen) atoms. The average molecular weight is 268 g/mol. The van der Waals surface area contributed by atoms with Crippen LogP contribution in [0.2, 0.25) is 0 Å². The lowest BCUT2D eigenvalue weighted by atomic mass is 9.85. The summed E-state index contributed by atoms with van der Waals surface area (Å²) in [7, 11) is 0. The Labute approximate surface area is 116 Å². The minimum absolute atomic E-state index is 0.159. The van der Waals surface area contributed by atoms with E-state index in [-0.39, 0.29) is 5.92 Å². The lowest BCUT2D eigenvalue weighted by Gasteiger charge is -2.34. The minimum Gasteiger partial charge on any atom is -0.480 e. The van der Waals surface area contributed by atoms with E-state index in [1.165, 1.54) is 32.4 Å². The Bertz CT molecular complexity index is 321. The van der Waals surface area contributed by atoms with E-state index in [1.54, 1.807) is 0 Å². The fourth-order valence-corrected chi connectivity index (χ4v) is 3.81. The Balaban J connectivity index is 1.83.